The zero-order valence-electron chi connectivity index (χ0n) is 11.2. The molecule has 0 aliphatic rings. The van der Waals surface area contributed by atoms with Crippen LogP contribution >= 0.6 is 11.3 Å². The average Bonchev–Trinajstić information content (AvgIpc) is 2.84. The number of hydrogen-bond acceptors (Lipinski definition) is 6. The molecule has 1 heterocycles. The standard InChI is InChI=1S/C12H19N3O3S/c1-3-18-11(17)5-4-9-8-19-12(15-9)14-7-6-10(16)13-2/h8H,3-7H2,1-2H3,(H,13,16)(H,14,15). The largest absolute Gasteiger partial charge is 0.466 e. The fourth-order valence-electron chi connectivity index (χ4n) is 1.37. The third-order valence-corrected chi connectivity index (χ3v) is 3.20. The molecule has 0 bridgehead atoms. The van der Waals surface area contributed by atoms with Crippen molar-refractivity contribution in [3.05, 3.63) is 11.1 Å². The smallest absolute Gasteiger partial charge is 0.306 e. The van der Waals surface area contributed by atoms with Crippen molar-refractivity contribution in [1.29, 1.82) is 0 Å². The minimum Gasteiger partial charge on any atom is -0.466 e. The maximum absolute atomic E-state index is 11.2. The molecule has 7 heteroatoms. The number of rotatable bonds is 8. The third-order valence-electron chi connectivity index (χ3n) is 2.35. The van der Waals surface area contributed by atoms with Crippen molar-refractivity contribution in [1.82, 2.24) is 10.3 Å². The monoisotopic (exact) mass is 285 g/mol. The number of hydrogen-bond donors (Lipinski definition) is 2. The summed E-state index contributed by atoms with van der Waals surface area (Å²) in [7, 11) is 1.61. The molecule has 19 heavy (non-hydrogen) atoms. The number of thiazole rings is 1. The van der Waals surface area contributed by atoms with Gasteiger partial charge in [-0.15, -0.1) is 11.3 Å². The van der Waals surface area contributed by atoms with E-state index in [2.05, 4.69) is 15.6 Å². The average molecular weight is 285 g/mol. The maximum Gasteiger partial charge on any atom is 0.306 e. The topological polar surface area (TPSA) is 80.3 Å². The van der Waals surface area contributed by atoms with Crippen LogP contribution in [0.5, 0.6) is 0 Å². The van der Waals surface area contributed by atoms with Crippen molar-refractivity contribution >= 4 is 28.3 Å². The fourth-order valence-corrected chi connectivity index (χ4v) is 2.15. The van der Waals surface area contributed by atoms with E-state index in [0.717, 1.165) is 10.8 Å². The first kappa shape index (κ1) is 15.4. The molecular formula is C12H19N3O3S. The Labute approximate surface area is 116 Å². The Morgan fingerprint density at radius 1 is 1.42 bits per heavy atom. The molecule has 0 unspecified atom stereocenters. The Hall–Kier alpha value is -1.63. The van der Waals surface area contributed by atoms with E-state index in [9.17, 15) is 9.59 Å². The number of aromatic nitrogens is 1. The van der Waals surface area contributed by atoms with Gasteiger partial charge in [0.2, 0.25) is 5.91 Å². The number of ether oxygens (including phenoxy) is 1. The number of anilines is 1. The predicted octanol–water partition coefficient (Wildman–Crippen LogP) is 1.19. The second-order valence-electron chi connectivity index (χ2n) is 3.80. The SMILES string of the molecule is CCOC(=O)CCc1csc(NCCC(=O)NC)n1. The summed E-state index contributed by atoms with van der Waals surface area (Å²) >= 11 is 1.47. The molecule has 1 amide bonds. The normalized spacial score (nSPS) is 10.0. The van der Waals surface area contributed by atoms with Crippen LogP contribution in [0.1, 0.15) is 25.5 Å². The van der Waals surface area contributed by atoms with E-state index in [-0.39, 0.29) is 11.9 Å². The van der Waals surface area contributed by atoms with E-state index < -0.39 is 0 Å². The van der Waals surface area contributed by atoms with Gasteiger partial charge in [0, 0.05) is 31.8 Å². The van der Waals surface area contributed by atoms with Gasteiger partial charge in [0.15, 0.2) is 5.13 Å². The Kier molecular flexibility index (Phi) is 6.88. The summed E-state index contributed by atoms with van der Waals surface area (Å²) in [6.45, 7) is 2.74. The summed E-state index contributed by atoms with van der Waals surface area (Å²) < 4.78 is 4.85. The summed E-state index contributed by atoms with van der Waals surface area (Å²) in [5, 5.41) is 8.30. The Morgan fingerprint density at radius 3 is 2.89 bits per heavy atom. The number of nitrogens with one attached hydrogen (secondary N) is 2. The number of carbonyl (C=O) groups is 2. The summed E-state index contributed by atoms with van der Waals surface area (Å²) in [5.74, 6) is -0.212. The number of carbonyl (C=O) groups excluding carboxylic acids is 2. The van der Waals surface area contributed by atoms with E-state index in [1.807, 2.05) is 5.38 Å². The molecule has 1 rings (SSSR count). The van der Waals surface area contributed by atoms with Crippen LogP contribution in [0.15, 0.2) is 5.38 Å². The van der Waals surface area contributed by atoms with Crippen LogP contribution in [0.2, 0.25) is 0 Å². The quantitative estimate of drug-likeness (QED) is 0.701. The molecule has 0 aliphatic carbocycles. The van der Waals surface area contributed by atoms with Crippen LogP contribution < -0.4 is 10.6 Å². The molecule has 0 saturated carbocycles. The van der Waals surface area contributed by atoms with Crippen LogP contribution in [-0.2, 0) is 20.7 Å². The lowest BCUT2D eigenvalue weighted by Gasteiger charge is -2.01. The lowest BCUT2D eigenvalue weighted by molar-refractivity contribution is -0.143. The Morgan fingerprint density at radius 2 is 2.21 bits per heavy atom. The molecule has 0 saturated heterocycles. The van der Waals surface area contributed by atoms with Gasteiger partial charge < -0.3 is 15.4 Å². The van der Waals surface area contributed by atoms with Gasteiger partial charge in [-0.25, -0.2) is 4.98 Å². The fraction of sp³-hybridized carbons (Fsp3) is 0.583. The van der Waals surface area contributed by atoms with Crippen molar-refractivity contribution in [2.45, 2.75) is 26.2 Å². The second-order valence-corrected chi connectivity index (χ2v) is 4.66. The predicted molar refractivity (Wildman–Crippen MR) is 74.2 cm³/mol. The second kappa shape index (κ2) is 8.47. The molecule has 1 aromatic heterocycles. The molecule has 106 valence electrons. The molecule has 0 aliphatic heterocycles. The van der Waals surface area contributed by atoms with Gasteiger partial charge in [-0.1, -0.05) is 0 Å². The highest BCUT2D eigenvalue weighted by Crippen LogP contribution is 2.16. The van der Waals surface area contributed by atoms with Crippen molar-refractivity contribution in [3.8, 4) is 0 Å². The molecule has 0 aromatic carbocycles. The highest BCUT2D eigenvalue weighted by molar-refractivity contribution is 7.13. The minimum atomic E-state index is -0.204. The summed E-state index contributed by atoms with van der Waals surface area (Å²) in [6.07, 6.45) is 1.33. The number of nitrogens with zero attached hydrogens (tertiary/aromatic N) is 1. The molecule has 0 fully saturated rings. The van der Waals surface area contributed by atoms with Gasteiger partial charge in [-0.2, -0.15) is 0 Å². The number of esters is 1. The highest BCUT2D eigenvalue weighted by Gasteiger charge is 2.06. The molecular weight excluding hydrogens is 266 g/mol. The van der Waals surface area contributed by atoms with Crippen molar-refractivity contribution in [2.75, 3.05) is 25.5 Å². The van der Waals surface area contributed by atoms with Crippen molar-refractivity contribution < 1.29 is 14.3 Å². The van der Waals surface area contributed by atoms with Crippen LogP contribution in [0, 0.1) is 0 Å². The number of amides is 1. The van der Waals surface area contributed by atoms with Gasteiger partial charge in [-0.3, -0.25) is 9.59 Å². The van der Waals surface area contributed by atoms with Gasteiger partial charge in [0.25, 0.3) is 0 Å². The Bertz CT molecular complexity index is 420. The van der Waals surface area contributed by atoms with Gasteiger partial charge >= 0.3 is 5.97 Å². The Balaban J connectivity index is 2.28. The molecule has 6 nitrogen and oxygen atoms in total. The lowest BCUT2D eigenvalue weighted by Crippen LogP contribution is -2.20. The van der Waals surface area contributed by atoms with Gasteiger partial charge in [0.05, 0.1) is 18.7 Å². The molecule has 0 spiro atoms. The molecule has 0 radical (unpaired) electrons. The van der Waals surface area contributed by atoms with Crippen molar-refractivity contribution in [2.24, 2.45) is 0 Å². The first-order valence-corrected chi connectivity index (χ1v) is 7.08. The van der Waals surface area contributed by atoms with E-state index in [0.29, 0.717) is 32.4 Å². The first-order valence-electron chi connectivity index (χ1n) is 6.20. The van der Waals surface area contributed by atoms with Crippen LogP contribution in [0.25, 0.3) is 0 Å². The molecule has 2 N–H and O–H groups in total. The first-order chi connectivity index (χ1) is 9.15. The van der Waals surface area contributed by atoms with E-state index in [4.69, 9.17) is 4.74 Å². The van der Waals surface area contributed by atoms with Crippen LogP contribution in [0.3, 0.4) is 0 Å². The summed E-state index contributed by atoms with van der Waals surface area (Å²) in [6, 6.07) is 0. The number of aryl methyl sites for hydroxylation is 1. The van der Waals surface area contributed by atoms with Crippen molar-refractivity contribution in [3.63, 3.8) is 0 Å². The molecule has 1 aromatic rings. The zero-order valence-corrected chi connectivity index (χ0v) is 12.0. The van der Waals surface area contributed by atoms with Crippen LogP contribution in [0.4, 0.5) is 5.13 Å². The van der Waals surface area contributed by atoms with E-state index in [1.54, 1.807) is 14.0 Å². The summed E-state index contributed by atoms with van der Waals surface area (Å²) in [5.41, 5.74) is 0.862. The van der Waals surface area contributed by atoms with Crippen LogP contribution in [-0.4, -0.2) is 37.1 Å². The van der Waals surface area contributed by atoms with Gasteiger partial charge in [-0.05, 0) is 6.92 Å². The minimum absolute atomic E-state index is 0.00779. The maximum atomic E-state index is 11.2. The van der Waals surface area contributed by atoms with Gasteiger partial charge in [0.1, 0.15) is 0 Å². The zero-order chi connectivity index (χ0) is 14.1. The summed E-state index contributed by atoms with van der Waals surface area (Å²) in [4.78, 5) is 26.6. The van der Waals surface area contributed by atoms with E-state index in [1.165, 1.54) is 11.3 Å². The third kappa shape index (κ3) is 6.19. The van der Waals surface area contributed by atoms with E-state index >= 15 is 0 Å². The highest BCUT2D eigenvalue weighted by atomic mass is 32.1. The lowest BCUT2D eigenvalue weighted by atomic mass is 10.2. The molecule has 0 atom stereocenters.